The minimum atomic E-state index is -0.139. The lowest BCUT2D eigenvalue weighted by molar-refractivity contribution is 0.367. The standard InChI is InChI=1S/C21H25N3O3/c1-2-3-4-6-18-19(16-7-9-17(25)10-8-16)20(26)21(27)24(18)13-5-12-23-14-11-22-15-23/h4,6-11,14-15,25-27H,2-3,5,12-13H2,1H3. The van der Waals surface area contributed by atoms with Gasteiger partial charge < -0.3 is 24.5 Å². The average molecular weight is 367 g/mol. The molecule has 1 aromatic carbocycles. The summed E-state index contributed by atoms with van der Waals surface area (Å²) in [6.45, 7) is 3.43. The van der Waals surface area contributed by atoms with E-state index in [9.17, 15) is 15.3 Å². The summed E-state index contributed by atoms with van der Waals surface area (Å²) in [6, 6.07) is 6.61. The van der Waals surface area contributed by atoms with Crippen molar-refractivity contribution in [3.05, 3.63) is 54.8 Å². The molecule has 2 heterocycles. The number of unbranched alkanes of at least 4 members (excludes halogenated alkanes) is 1. The number of aromatic nitrogens is 3. The molecule has 6 heteroatoms. The third-order valence-corrected chi connectivity index (χ3v) is 4.50. The first-order chi connectivity index (χ1) is 13.1. The lowest BCUT2D eigenvalue weighted by atomic mass is 10.0. The van der Waals surface area contributed by atoms with Crippen molar-refractivity contribution in [3.63, 3.8) is 0 Å². The number of benzene rings is 1. The Bertz CT molecular complexity index is 894. The zero-order valence-corrected chi connectivity index (χ0v) is 15.4. The molecule has 0 bridgehead atoms. The quantitative estimate of drug-likeness (QED) is 0.552. The van der Waals surface area contributed by atoms with Gasteiger partial charge in [-0.2, -0.15) is 0 Å². The van der Waals surface area contributed by atoms with E-state index in [4.69, 9.17) is 0 Å². The molecule has 0 aliphatic rings. The van der Waals surface area contributed by atoms with Gasteiger partial charge in [0.05, 0.1) is 17.6 Å². The van der Waals surface area contributed by atoms with Crippen LogP contribution in [-0.2, 0) is 13.1 Å². The van der Waals surface area contributed by atoms with E-state index in [1.807, 2.05) is 22.9 Å². The van der Waals surface area contributed by atoms with E-state index >= 15 is 0 Å². The van der Waals surface area contributed by atoms with Crippen LogP contribution in [0.3, 0.4) is 0 Å². The first kappa shape index (κ1) is 18.6. The van der Waals surface area contributed by atoms with Crippen LogP contribution in [0.5, 0.6) is 17.4 Å². The molecular formula is C21H25N3O3. The molecule has 0 amide bonds. The van der Waals surface area contributed by atoms with Crippen LogP contribution < -0.4 is 0 Å². The second-order valence-corrected chi connectivity index (χ2v) is 6.48. The van der Waals surface area contributed by atoms with Crippen molar-refractivity contribution in [1.29, 1.82) is 0 Å². The van der Waals surface area contributed by atoms with E-state index < -0.39 is 0 Å². The minimum absolute atomic E-state index is 0.139. The third-order valence-electron chi connectivity index (χ3n) is 4.50. The fraction of sp³-hybridized carbons (Fsp3) is 0.286. The Morgan fingerprint density at radius 3 is 2.52 bits per heavy atom. The summed E-state index contributed by atoms with van der Waals surface area (Å²) in [7, 11) is 0. The first-order valence-electron chi connectivity index (χ1n) is 9.18. The Labute approximate surface area is 158 Å². The second-order valence-electron chi connectivity index (χ2n) is 6.48. The van der Waals surface area contributed by atoms with Gasteiger partial charge in [-0.05, 0) is 36.6 Å². The maximum Gasteiger partial charge on any atom is 0.235 e. The van der Waals surface area contributed by atoms with Crippen molar-refractivity contribution in [1.82, 2.24) is 14.1 Å². The number of aryl methyl sites for hydroxylation is 1. The number of hydrogen-bond donors (Lipinski definition) is 3. The molecule has 0 spiro atoms. The van der Waals surface area contributed by atoms with Crippen LogP contribution in [0, 0.1) is 0 Å². The summed E-state index contributed by atoms with van der Waals surface area (Å²) in [4.78, 5) is 4.03. The Kier molecular flexibility index (Phi) is 5.86. The van der Waals surface area contributed by atoms with Gasteiger partial charge in [0.25, 0.3) is 0 Å². The summed E-state index contributed by atoms with van der Waals surface area (Å²) in [6.07, 6.45) is 12.1. The van der Waals surface area contributed by atoms with E-state index in [-0.39, 0.29) is 17.4 Å². The van der Waals surface area contributed by atoms with Gasteiger partial charge in [0.15, 0.2) is 5.75 Å². The normalized spacial score (nSPS) is 11.4. The van der Waals surface area contributed by atoms with Crippen molar-refractivity contribution < 1.29 is 15.3 Å². The van der Waals surface area contributed by atoms with Crippen LogP contribution in [0.2, 0.25) is 0 Å². The summed E-state index contributed by atoms with van der Waals surface area (Å²) in [5.41, 5.74) is 2.07. The molecule has 3 aromatic rings. The summed E-state index contributed by atoms with van der Waals surface area (Å²) < 4.78 is 3.72. The van der Waals surface area contributed by atoms with E-state index in [0.717, 1.165) is 37.1 Å². The van der Waals surface area contributed by atoms with Crippen molar-refractivity contribution in [2.24, 2.45) is 0 Å². The van der Waals surface area contributed by atoms with Crippen LogP contribution in [0.25, 0.3) is 17.2 Å². The molecule has 27 heavy (non-hydrogen) atoms. The van der Waals surface area contributed by atoms with Crippen molar-refractivity contribution in [2.45, 2.75) is 39.3 Å². The van der Waals surface area contributed by atoms with E-state index in [2.05, 4.69) is 11.9 Å². The molecule has 6 nitrogen and oxygen atoms in total. The molecule has 0 atom stereocenters. The topological polar surface area (TPSA) is 83.4 Å². The van der Waals surface area contributed by atoms with Gasteiger partial charge in [-0.25, -0.2) is 4.98 Å². The molecular weight excluding hydrogens is 342 g/mol. The van der Waals surface area contributed by atoms with Gasteiger partial charge in [0, 0.05) is 25.5 Å². The van der Waals surface area contributed by atoms with Crippen LogP contribution in [0.15, 0.2) is 49.1 Å². The number of allylic oxidation sites excluding steroid dienone is 1. The minimum Gasteiger partial charge on any atom is -0.508 e. The van der Waals surface area contributed by atoms with Gasteiger partial charge in [0.1, 0.15) is 5.75 Å². The Morgan fingerprint density at radius 1 is 1.07 bits per heavy atom. The monoisotopic (exact) mass is 367 g/mol. The molecule has 0 saturated carbocycles. The summed E-state index contributed by atoms with van der Waals surface area (Å²) in [5.74, 6) is -0.121. The predicted octanol–water partition coefficient (Wildman–Crippen LogP) is 4.37. The number of imidazole rings is 1. The van der Waals surface area contributed by atoms with Gasteiger partial charge >= 0.3 is 0 Å². The van der Waals surface area contributed by atoms with E-state index in [0.29, 0.717) is 12.1 Å². The number of rotatable bonds is 8. The smallest absolute Gasteiger partial charge is 0.235 e. The molecule has 3 rings (SSSR count). The summed E-state index contributed by atoms with van der Waals surface area (Å²) >= 11 is 0. The molecule has 0 aliphatic carbocycles. The highest BCUT2D eigenvalue weighted by Gasteiger charge is 2.21. The average Bonchev–Trinajstić information content (AvgIpc) is 3.26. The van der Waals surface area contributed by atoms with Gasteiger partial charge in [-0.1, -0.05) is 31.6 Å². The molecule has 0 saturated heterocycles. The highest BCUT2D eigenvalue weighted by Crippen LogP contribution is 2.43. The van der Waals surface area contributed by atoms with Crippen LogP contribution in [0.1, 0.15) is 31.9 Å². The Hall–Kier alpha value is -3.15. The van der Waals surface area contributed by atoms with Gasteiger partial charge in [-0.15, -0.1) is 0 Å². The highest BCUT2D eigenvalue weighted by molar-refractivity contribution is 5.82. The molecule has 0 fully saturated rings. The number of nitrogens with zero attached hydrogens (tertiary/aromatic N) is 3. The maximum absolute atomic E-state index is 10.6. The SMILES string of the molecule is CCCC=Cc1c(-c2ccc(O)cc2)c(O)c(O)n1CCCn1ccnc1. The van der Waals surface area contributed by atoms with Crippen LogP contribution in [0.4, 0.5) is 0 Å². The number of phenolic OH excluding ortho intramolecular Hbond substituents is 1. The van der Waals surface area contributed by atoms with Crippen molar-refractivity contribution in [3.8, 4) is 28.5 Å². The molecule has 0 aliphatic heterocycles. The number of aromatic hydroxyl groups is 3. The lowest BCUT2D eigenvalue weighted by Crippen LogP contribution is -2.04. The van der Waals surface area contributed by atoms with Crippen LogP contribution in [-0.4, -0.2) is 29.4 Å². The van der Waals surface area contributed by atoms with Crippen molar-refractivity contribution >= 4 is 6.08 Å². The number of phenols is 1. The van der Waals surface area contributed by atoms with Gasteiger partial charge in [0.2, 0.25) is 5.88 Å². The Morgan fingerprint density at radius 2 is 1.85 bits per heavy atom. The predicted molar refractivity (Wildman–Crippen MR) is 106 cm³/mol. The lowest BCUT2D eigenvalue weighted by Gasteiger charge is -2.10. The maximum atomic E-state index is 10.6. The Balaban J connectivity index is 1.95. The molecule has 0 unspecified atom stereocenters. The largest absolute Gasteiger partial charge is 0.508 e. The first-order valence-corrected chi connectivity index (χ1v) is 9.18. The second kappa shape index (κ2) is 8.49. The van der Waals surface area contributed by atoms with Crippen LogP contribution >= 0.6 is 0 Å². The highest BCUT2D eigenvalue weighted by atomic mass is 16.3. The van der Waals surface area contributed by atoms with Gasteiger partial charge in [-0.3, -0.25) is 0 Å². The van der Waals surface area contributed by atoms with Crippen molar-refractivity contribution in [2.75, 3.05) is 0 Å². The molecule has 2 aromatic heterocycles. The molecule has 0 radical (unpaired) electrons. The third kappa shape index (κ3) is 4.16. The van der Waals surface area contributed by atoms with E-state index in [1.54, 1.807) is 41.4 Å². The zero-order chi connectivity index (χ0) is 19.2. The summed E-state index contributed by atoms with van der Waals surface area (Å²) in [5, 5.41) is 30.7. The zero-order valence-electron chi connectivity index (χ0n) is 15.4. The molecule has 3 N–H and O–H groups in total. The molecule has 142 valence electrons. The fourth-order valence-corrected chi connectivity index (χ4v) is 3.11. The van der Waals surface area contributed by atoms with E-state index in [1.165, 1.54) is 0 Å². The fourth-order valence-electron chi connectivity index (χ4n) is 3.11. The number of hydrogen-bond acceptors (Lipinski definition) is 4.